The second-order valence-electron chi connectivity index (χ2n) is 5.18. The van der Waals surface area contributed by atoms with E-state index in [1.165, 1.54) is 28.9 Å². The third-order valence-electron chi connectivity index (χ3n) is 3.44. The fourth-order valence-electron chi connectivity index (χ4n) is 2.07. The zero-order valence-electron chi connectivity index (χ0n) is 11.3. The molecule has 1 saturated carbocycles. The maximum atomic E-state index is 5.92. The molecule has 1 fully saturated rings. The van der Waals surface area contributed by atoms with Crippen LogP contribution in [0.4, 0.5) is 0 Å². The van der Waals surface area contributed by atoms with E-state index in [0.717, 1.165) is 23.4 Å². The van der Waals surface area contributed by atoms with Crippen molar-refractivity contribution in [1.82, 2.24) is 5.32 Å². The SMILES string of the molecule is Clc1ccc(CSc2ccccc2CNC2CC2)cc1. The predicted molar refractivity (Wildman–Crippen MR) is 87.3 cm³/mol. The number of hydrogen-bond donors (Lipinski definition) is 1. The highest BCUT2D eigenvalue weighted by Gasteiger charge is 2.20. The standard InChI is InChI=1S/C17H18ClNS/c18-15-7-5-13(6-8-15)12-20-17-4-2-1-3-14(17)11-19-16-9-10-16/h1-8,16,19H,9-12H2. The topological polar surface area (TPSA) is 12.0 Å². The van der Waals surface area contributed by atoms with Crippen molar-refractivity contribution < 1.29 is 0 Å². The molecule has 0 radical (unpaired) electrons. The van der Waals surface area contributed by atoms with Gasteiger partial charge in [-0.15, -0.1) is 11.8 Å². The van der Waals surface area contributed by atoms with E-state index in [1.807, 2.05) is 23.9 Å². The zero-order valence-corrected chi connectivity index (χ0v) is 12.9. The fourth-order valence-corrected chi connectivity index (χ4v) is 3.22. The van der Waals surface area contributed by atoms with Crippen molar-refractivity contribution in [3.05, 3.63) is 64.7 Å². The minimum Gasteiger partial charge on any atom is -0.310 e. The summed E-state index contributed by atoms with van der Waals surface area (Å²) in [5.74, 6) is 0.984. The van der Waals surface area contributed by atoms with Gasteiger partial charge in [0, 0.05) is 28.3 Å². The molecule has 3 rings (SSSR count). The molecular weight excluding hydrogens is 286 g/mol. The Morgan fingerprint density at radius 1 is 1.05 bits per heavy atom. The highest BCUT2D eigenvalue weighted by Crippen LogP contribution is 2.27. The molecule has 0 bridgehead atoms. The molecule has 2 aromatic rings. The lowest BCUT2D eigenvalue weighted by Gasteiger charge is -2.10. The highest BCUT2D eigenvalue weighted by molar-refractivity contribution is 7.98. The second-order valence-corrected chi connectivity index (χ2v) is 6.63. The van der Waals surface area contributed by atoms with E-state index >= 15 is 0 Å². The highest BCUT2D eigenvalue weighted by atomic mass is 35.5. The minimum atomic E-state index is 0.754. The van der Waals surface area contributed by atoms with Gasteiger partial charge in [0.05, 0.1) is 0 Å². The third kappa shape index (κ3) is 4.02. The summed E-state index contributed by atoms with van der Waals surface area (Å²) in [4.78, 5) is 1.37. The van der Waals surface area contributed by atoms with Crippen LogP contribution in [-0.2, 0) is 12.3 Å². The summed E-state index contributed by atoms with van der Waals surface area (Å²) in [6.45, 7) is 0.981. The van der Waals surface area contributed by atoms with Gasteiger partial charge in [0.1, 0.15) is 0 Å². The number of nitrogens with one attached hydrogen (secondary N) is 1. The first-order chi connectivity index (χ1) is 9.81. The van der Waals surface area contributed by atoms with Crippen molar-refractivity contribution in [2.75, 3.05) is 0 Å². The molecule has 0 aliphatic heterocycles. The molecule has 0 spiro atoms. The van der Waals surface area contributed by atoms with Gasteiger partial charge < -0.3 is 5.32 Å². The van der Waals surface area contributed by atoms with Crippen LogP contribution in [0.1, 0.15) is 24.0 Å². The fraction of sp³-hybridized carbons (Fsp3) is 0.294. The normalized spacial score (nSPS) is 14.4. The van der Waals surface area contributed by atoms with Crippen LogP contribution in [-0.4, -0.2) is 6.04 Å². The lowest BCUT2D eigenvalue weighted by atomic mass is 10.2. The Bertz CT molecular complexity index is 563. The molecule has 104 valence electrons. The van der Waals surface area contributed by atoms with Gasteiger partial charge in [-0.2, -0.15) is 0 Å². The molecule has 1 nitrogen and oxygen atoms in total. The van der Waals surface area contributed by atoms with E-state index in [9.17, 15) is 0 Å². The van der Waals surface area contributed by atoms with Crippen LogP contribution in [0.5, 0.6) is 0 Å². The van der Waals surface area contributed by atoms with Gasteiger partial charge in [0.2, 0.25) is 0 Å². The Kier molecular flexibility index (Phi) is 4.66. The summed E-state index contributed by atoms with van der Waals surface area (Å²) in [6.07, 6.45) is 2.67. The van der Waals surface area contributed by atoms with Crippen molar-refractivity contribution in [2.24, 2.45) is 0 Å². The molecule has 0 saturated heterocycles. The third-order valence-corrected chi connectivity index (χ3v) is 4.88. The average Bonchev–Trinajstić information content (AvgIpc) is 3.30. The van der Waals surface area contributed by atoms with E-state index in [2.05, 4.69) is 41.7 Å². The Hall–Kier alpha value is -0.960. The predicted octanol–water partition coefficient (Wildman–Crippen LogP) is 4.88. The van der Waals surface area contributed by atoms with Crippen molar-refractivity contribution in [1.29, 1.82) is 0 Å². The van der Waals surface area contributed by atoms with Crippen molar-refractivity contribution in [2.45, 2.75) is 36.1 Å². The summed E-state index contributed by atoms with van der Waals surface area (Å²) in [6, 6.07) is 17.5. The molecule has 0 amide bonds. The lowest BCUT2D eigenvalue weighted by Crippen LogP contribution is -2.15. The Morgan fingerprint density at radius 2 is 1.80 bits per heavy atom. The van der Waals surface area contributed by atoms with Gasteiger partial charge in [0.25, 0.3) is 0 Å². The van der Waals surface area contributed by atoms with Crippen LogP contribution in [0.15, 0.2) is 53.4 Å². The van der Waals surface area contributed by atoms with E-state index < -0.39 is 0 Å². The maximum Gasteiger partial charge on any atom is 0.0406 e. The summed E-state index contributed by atoms with van der Waals surface area (Å²) >= 11 is 7.81. The van der Waals surface area contributed by atoms with E-state index in [-0.39, 0.29) is 0 Å². The molecule has 0 aromatic heterocycles. The largest absolute Gasteiger partial charge is 0.310 e. The smallest absolute Gasteiger partial charge is 0.0406 e. The summed E-state index contributed by atoms with van der Waals surface area (Å²) in [7, 11) is 0. The summed E-state index contributed by atoms with van der Waals surface area (Å²) in [5.41, 5.74) is 2.71. The van der Waals surface area contributed by atoms with Crippen molar-refractivity contribution in [3.63, 3.8) is 0 Å². The van der Waals surface area contributed by atoms with Crippen LogP contribution in [0.2, 0.25) is 5.02 Å². The van der Waals surface area contributed by atoms with Gasteiger partial charge in [-0.3, -0.25) is 0 Å². The van der Waals surface area contributed by atoms with E-state index in [4.69, 9.17) is 11.6 Å². The summed E-state index contributed by atoms with van der Waals surface area (Å²) < 4.78 is 0. The quantitative estimate of drug-likeness (QED) is 0.763. The van der Waals surface area contributed by atoms with Gasteiger partial charge in [-0.1, -0.05) is 41.9 Å². The molecular formula is C17H18ClNS. The van der Waals surface area contributed by atoms with E-state index in [1.54, 1.807) is 0 Å². The molecule has 2 aromatic carbocycles. The van der Waals surface area contributed by atoms with Crippen LogP contribution in [0.3, 0.4) is 0 Å². The van der Waals surface area contributed by atoms with Crippen molar-refractivity contribution >= 4 is 23.4 Å². The van der Waals surface area contributed by atoms with Gasteiger partial charge >= 0.3 is 0 Å². The lowest BCUT2D eigenvalue weighted by molar-refractivity contribution is 0.680. The molecule has 3 heteroatoms. The van der Waals surface area contributed by atoms with Crippen LogP contribution < -0.4 is 5.32 Å². The number of benzene rings is 2. The number of thioether (sulfide) groups is 1. The van der Waals surface area contributed by atoms with Gasteiger partial charge in [0.15, 0.2) is 0 Å². The van der Waals surface area contributed by atoms with Crippen molar-refractivity contribution in [3.8, 4) is 0 Å². The number of rotatable bonds is 6. The molecule has 20 heavy (non-hydrogen) atoms. The zero-order chi connectivity index (χ0) is 13.8. The second kappa shape index (κ2) is 6.66. The molecule has 0 heterocycles. The monoisotopic (exact) mass is 303 g/mol. The molecule has 0 atom stereocenters. The number of halogens is 1. The van der Waals surface area contributed by atoms with Crippen LogP contribution in [0, 0.1) is 0 Å². The number of hydrogen-bond acceptors (Lipinski definition) is 2. The first-order valence-electron chi connectivity index (χ1n) is 7.00. The average molecular weight is 304 g/mol. The van der Waals surface area contributed by atoms with Gasteiger partial charge in [-0.25, -0.2) is 0 Å². The molecule has 1 N–H and O–H groups in total. The summed E-state index contributed by atoms with van der Waals surface area (Å²) in [5, 5.41) is 4.39. The molecule has 0 unspecified atom stereocenters. The molecule has 1 aliphatic rings. The Labute approximate surface area is 129 Å². The van der Waals surface area contributed by atoms with Crippen LogP contribution in [0.25, 0.3) is 0 Å². The molecule has 1 aliphatic carbocycles. The van der Waals surface area contributed by atoms with Gasteiger partial charge in [-0.05, 0) is 42.2 Å². The van der Waals surface area contributed by atoms with Crippen LogP contribution >= 0.6 is 23.4 Å². The Balaban J connectivity index is 1.62. The minimum absolute atomic E-state index is 0.754. The first-order valence-corrected chi connectivity index (χ1v) is 8.36. The van der Waals surface area contributed by atoms with E-state index in [0.29, 0.717) is 0 Å². The first kappa shape index (κ1) is 14.0. The Morgan fingerprint density at radius 3 is 2.55 bits per heavy atom. The maximum absolute atomic E-state index is 5.92.